The van der Waals surface area contributed by atoms with Gasteiger partial charge in [-0.1, -0.05) is 41.9 Å². The summed E-state index contributed by atoms with van der Waals surface area (Å²) in [5.41, 5.74) is 2.06. The van der Waals surface area contributed by atoms with Crippen LogP contribution in [-0.4, -0.2) is 11.0 Å². The van der Waals surface area contributed by atoms with Crippen LogP contribution in [-0.2, 0) is 17.8 Å². The number of hydrogen-bond donors (Lipinski definition) is 1. The van der Waals surface area contributed by atoms with Gasteiger partial charge in [-0.2, -0.15) is 0 Å². The highest BCUT2D eigenvalue weighted by atomic mass is 16.2. The second-order valence-corrected chi connectivity index (χ2v) is 5.20. The van der Waals surface area contributed by atoms with Crippen LogP contribution in [0.15, 0.2) is 60.9 Å². The Kier molecular flexibility index (Phi) is 4.10. The lowest BCUT2D eigenvalue weighted by Crippen LogP contribution is -2.43. The van der Waals surface area contributed by atoms with Crippen LogP contribution in [0, 0.1) is 0 Å². The molecule has 1 N–H and O–H groups in total. The minimum atomic E-state index is -0.0861. The van der Waals surface area contributed by atoms with E-state index in [9.17, 15) is 4.79 Å². The zero-order valence-corrected chi connectivity index (χ0v) is 12.5. The Morgan fingerprint density at radius 2 is 1.82 bits per heavy atom. The summed E-state index contributed by atoms with van der Waals surface area (Å²) in [5.74, 6) is -0.0861. The number of nitrogens with one attached hydrogen (secondary N) is 1. The van der Waals surface area contributed by atoms with E-state index in [0.717, 1.165) is 22.9 Å². The van der Waals surface area contributed by atoms with Crippen molar-refractivity contribution in [3.8, 4) is 0 Å². The van der Waals surface area contributed by atoms with E-state index in [-0.39, 0.29) is 12.5 Å². The summed E-state index contributed by atoms with van der Waals surface area (Å²) in [7, 11) is 0. The maximum Gasteiger partial charge on any atom is 0.292 e. The fraction of sp³-hybridized carbons (Fsp3) is 0.167. The summed E-state index contributed by atoms with van der Waals surface area (Å²) >= 11 is 0. The third-order valence-electron chi connectivity index (χ3n) is 3.58. The molecular formula is C18H18N3O+. The molecule has 0 aliphatic heterocycles. The molecule has 0 spiro atoms. The molecule has 1 heterocycles. The number of carbonyl (C=O) groups excluding carboxylic acids is 1. The van der Waals surface area contributed by atoms with Gasteiger partial charge >= 0.3 is 0 Å². The van der Waals surface area contributed by atoms with E-state index >= 15 is 0 Å². The van der Waals surface area contributed by atoms with Crippen molar-refractivity contribution in [2.75, 3.05) is 5.32 Å². The predicted octanol–water partition coefficient (Wildman–Crippen LogP) is 2.72. The first-order chi connectivity index (χ1) is 10.7. The van der Waals surface area contributed by atoms with Crippen molar-refractivity contribution in [1.82, 2.24) is 5.10 Å². The van der Waals surface area contributed by atoms with E-state index in [1.807, 2.05) is 54.7 Å². The topological polar surface area (TPSA) is 45.9 Å². The summed E-state index contributed by atoms with van der Waals surface area (Å²) < 4.78 is 1.65. The molecule has 0 fully saturated rings. The summed E-state index contributed by atoms with van der Waals surface area (Å²) in [5, 5.41) is 9.29. The Labute approximate surface area is 129 Å². The highest BCUT2D eigenvalue weighted by molar-refractivity contribution is 5.89. The molecule has 0 atom stereocenters. The Balaban J connectivity index is 1.69. The van der Waals surface area contributed by atoms with Crippen molar-refractivity contribution in [3.05, 3.63) is 66.5 Å². The zero-order chi connectivity index (χ0) is 15.4. The summed E-state index contributed by atoms with van der Waals surface area (Å²) in [6, 6.07) is 15.9. The summed E-state index contributed by atoms with van der Waals surface area (Å²) in [6.45, 7) is 2.30. The van der Waals surface area contributed by atoms with Gasteiger partial charge in [0, 0.05) is 16.5 Å². The molecule has 0 aliphatic rings. The fourth-order valence-electron chi connectivity index (χ4n) is 2.33. The van der Waals surface area contributed by atoms with Gasteiger partial charge in [-0.3, -0.25) is 4.79 Å². The van der Waals surface area contributed by atoms with Crippen molar-refractivity contribution in [3.63, 3.8) is 0 Å². The van der Waals surface area contributed by atoms with Gasteiger partial charge in [0.05, 0.1) is 0 Å². The van der Waals surface area contributed by atoms with Crippen molar-refractivity contribution >= 4 is 22.4 Å². The highest BCUT2D eigenvalue weighted by Crippen LogP contribution is 2.10. The van der Waals surface area contributed by atoms with E-state index in [1.54, 1.807) is 10.9 Å². The first-order valence-electron chi connectivity index (χ1n) is 7.38. The molecule has 1 aromatic heterocycles. The number of amides is 1. The number of carbonyl (C=O) groups is 1. The van der Waals surface area contributed by atoms with Gasteiger partial charge in [-0.15, -0.1) is 0 Å². The SMILES string of the molecule is CCc1ccc(NC(=O)C[n+]2cc3ccccc3cn2)cc1. The molecule has 0 unspecified atom stereocenters. The van der Waals surface area contributed by atoms with Crippen molar-refractivity contribution in [2.45, 2.75) is 19.9 Å². The van der Waals surface area contributed by atoms with Crippen LogP contribution in [0.3, 0.4) is 0 Å². The molecule has 3 aromatic rings. The van der Waals surface area contributed by atoms with Crippen LogP contribution in [0.5, 0.6) is 0 Å². The van der Waals surface area contributed by atoms with Crippen molar-refractivity contribution in [2.24, 2.45) is 0 Å². The van der Waals surface area contributed by atoms with Crippen LogP contribution < -0.4 is 10.00 Å². The zero-order valence-electron chi connectivity index (χ0n) is 12.5. The number of aryl methyl sites for hydroxylation is 1. The molecular weight excluding hydrogens is 274 g/mol. The van der Waals surface area contributed by atoms with Crippen LogP contribution in [0.1, 0.15) is 12.5 Å². The lowest BCUT2D eigenvalue weighted by atomic mass is 10.1. The molecule has 0 bridgehead atoms. The van der Waals surface area contributed by atoms with Gasteiger partial charge in [0.2, 0.25) is 6.20 Å². The number of fused-ring (bicyclic) bond motifs is 1. The van der Waals surface area contributed by atoms with Gasteiger partial charge in [-0.25, -0.2) is 0 Å². The molecule has 0 saturated carbocycles. The average Bonchev–Trinajstić information content (AvgIpc) is 2.55. The van der Waals surface area contributed by atoms with Crippen LogP contribution >= 0.6 is 0 Å². The lowest BCUT2D eigenvalue weighted by molar-refractivity contribution is -0.740. The molecule has 110 valence electrons. The monoisotopic (exact) mass is 292 g/mol. The predicted molar refractivity (Wildman–Crippen MR) is 86.4 cm³/mol. The van der Waals surface area contributed by atoms with Crippen LogP contribution in [0.25, 0.3) is 10.8 Å². The molecule has 2 aromatic carbocycles. The standard InChI is InChI=1S/C18H17N3O/c1-2-14-7-9-17(10-8-14)20-18(22)13-21-12-16-6-4-3-5-15(16)11-19-21/h3-12H,2,13H2,1H3/p+1. The minimum absolute atomic E-state index is 0.0861. The van der Waals surface area contributed by atoms with Crippen molar-refractivity contribution < 1.29 is 9.48 Å². The molecule has 4 nitrogen and oxygen atoms in total. The summed E-state index contributed by atoms with van der Waals surface area (Å²) in [6.07, 6.45) is 4.65. The Bertz CT molecular complexity index is 797. The third-order valence-corrected chi connectivity index (χ3v) is 3.58. The Morgan fingerprint density at radius 1 is 1.09 bits per heavy atom. The fourth-order valence-corrected chi connectivity index (χ4v) is 2.33. The lowest BCUT2D eigenvalue weighted by Gasteiger charge is -2.04. The number of hydrogen-bond acceptors (Lipinski definition) is 2. The smallest absolute Gasteiger partial charge is 0.292 e. The maximum atomic E-state index is 12.1. The number of anilines is 1. The molecule has 0 aliphatic carbocycles. The average molecular weight is 292 g/mol. The molecule has 0 saturated heterocycles. The number of benzene rings is 2. The van der Waals surface area contributed by atoms with Gasteiger partial charge in [0.1, 0.15) is 6.20 Å². The molecule has 3 rings (SSSR count). The Hall–Kier alpha value is -2.75. The van der Waals surface area contributed by atoms with Crippen LogP contribution in [0.2, 0.25) is 0 Å². The first kappa shape index (κ1) is 14.2. The number of aromatic nitrogens is 2. The normalized spacial score (nSPS) is 10.6. The van der Waals surface area contributed by atoms with Gasteiger partial charge in [0.25, 0.3) is 12.5 Å². The van der Waals surface area contributed by atoms with E-state index < -0.39 is 0 Å². The largest absolute Gasteiger partial charge is 0.321 e. The Morgan fingerprint density at radius 3 is 2.55 bits per heavy atom. The maximum absolute atomic E-state index is 12.1. The third kappa shape index (κ3) is 3.28. The van der Waals surface area contributed by atoms with E-state index in [1.165, 1.54) is 5.56 Å². The van der Waals surface area contributed by atoms with Gasteiger partial charge in [0.15, 0.2) is 0 Å². The van der Waals surface area contributed by atoms with Gasteiger partial charge in [-0.05, 0) is 35.3 Å². The molecule has 22 heavy (non-hydrogen) atoms. The van der Waals surface area contributed by atoms with Gasteiger partial charge < -0.3 is 5.32 Å². The first-order valence-corrected chi connectivity index (χ1v) is 7.38. The van der Waals surface area contributed by atoms with E-state index in [4.69, 9.17) is 0 Å². The van der Waals surface area contributed by atoms with Crippen LogP contribution in [0.4, 0.5) is 5.69 Å². The molecule has 0 radical (unpaired) electrons. The quantitative estimate of drug-likeness (QED) is 0.752. The van der Waals surface area contributed by atoms with E-state index in [0.29, 0.717) is 0 Å². The number of nitrogens with zero attached hydrogens (tertiary/aromatic N) is 2. The van der Waals surface area contributed by atoms with Crippen molar-refractivity contribution in [1.29, 1.82) is 0 Å². The highest BCUT2D eigenvalue weighted by Gasteiger charge is 2.12. The number of rotatable bonds is 4. The molecule has 4 heteroatoms. The second kappa shape index (κ2) is 6.35. The minimum Gasteiger partial charge on any atom is -0.321 e. The molecule has 1 amide bonds. The second-order valence-electron chi connectivity index (χ2n) is 5.20. The van der Waals surface area contributed by atoms with E-state index in [2.05, 4.69) is 17.3 Å². The summed E-state index contributed by atoms with van der Waals surface area (Å²) in [4.78, 5) is 12.1.